The number of carbonyl (C=O) groups is 2. The van der Waals surface area contributed by atoms with E-state index < -0.39 is 0 Å². The van der Waals surface area contributed by atoms with Gasteiger partial charge in [0.1, 0.15) is 0 Å². The predicted molar refractivity (Wildman–Crippen MR) is 106 cm³/mol. The summed E-state index contributed by atoms with van der Waals surface area (Å²) in [5.41, 5.74) is 0.0866. The number of hydrogen-bond donors (Lipinski definition) is 1. The van der Waals surface area contributed by atoms with Crippen molar-refractivity contribution in [3.63, 3.8) is 0 Å². The molecule has 2 aliphatic heterocycles. The number of ether oxygens (including phenoxy) is 1. The van der Waals surface area contributed by atoms with Crippen molar-refractivity contribution in [2.45, 2.75) is 0 Å². The Balaban J connectivity index is 1.42. The normalized spacial score (nSPS) is 18.2. The first-order valence-corrected chi connectivity index (χ1v) is 9.99. The molecule has 3 heterocycles. The van der Waals surface area contributed by atoms with Crippen LogP contribution in [0.1, 0.15) is 10.5 Å². The van der Waals surface area contributed by atoms with Gasteiger partial charge in [0.05, 0.1) is 44.8 Å². The molecule has 2 aromatic rings. The Kier molecular flexibility index (Phi) is 5.59. The van der Waals surface area contributed by atoms with Gasteiger partial charge >= 0.3 is 0 Å². The van der Waals surface area contributed by atoms with E-state index in [1.165, 1.54) is 9.58 Å². The van der Waals surface area contributed by atoms with E-state index in [0.29, 0.717) is 75.5 Å². The molecule has 0 bridgehead atoms. The zero-order valence-electron chi connectivity index (χ0n) is 16.6. The fourth-order valence-corrected chi connectivity index (χ4v) is 3.95. The van der Waals surface area contributed by atoms with Gasteiger partial charge in [0.15, 0.2) is 12.2 Å². The number of rotatable bonds is 3. The molecule has 29 heavy (non-hydrogen) atoms. The van der Waals surface area contributed by atoms with Crippen molar-refractivity contribution in [1.82, 2.24) is 19.6 Å². The van der Waals surface area contributed by atoms with Crippen LogP contribution in [0.15, 0.2) is 29.1 Å². The molecule has 2 fully saturated rings. The average molecular weight is 400 g/mol. The lowest BCUT2D eigenvalue weighted by Crippen LogP contribution is -3.15. The Labute approximate surface area is 168 Å². The average Bonchev–Trinajstić information content (AvgIpc) is 2.77. The van der Waals surface area contributed by atoms with E-state index in [1.54, 1.807) is 36.2 Å². The predicted octanol–water partition coefficient (Wildman–Crippen LogP) is -1.87. The third kappa shape index (κ3) is 4.01. The van der Waals surface area contributed by atoms with Crippen LogP contribution in [0.2, 0.25) is 0 Å². The summed E-state index contributed by atoms with van der Waals surface area (Å²) in [4.78, 5) is 42.6. The van der Waals surface area contributed by atoms with Crippen molar-refractivity contribution in [3.05, 3.63) is 40.3 Å². The number of aromatic nitrogens is 2. The molecule has 2 amide bonds. The highest BCUT2D eigenvalue weighted by Crippen LogP contribution is 2.15. The van der Waals surface area contributed by atoms with Gasteiger partial charge in [-0.25, -0.2) is 4.68 Å². The minimum atomic E-state index is -0.215. The van der Waals surface area contributed by atoms with Crippen LogP contribution in [0.4, 0.5) is 0 Å². The smallest absolute Gasteiger partial charge is 0.277 e. The fourth-order valence-electron chi connectivity index (χ4n) is 3.95. The second kappa shape index (κ2) is 8.30. The summed E-state index contributed by atoms with van der Waals surface area (Å²) in [6.45, 7) is 5.51. The van der Waals surface area contributed by atoms with E-state index in [4.69, 9.17) is 4.74 Å². The zero-order valence-corrected chi connectivity index (χ0v) is 16.6. The molecular formula is C20H26N5O4+. The number of nitrogens with one attached hydrogen (secondary N) is 1. The molecule has 2 aliphatic rings. The second-order valence-electron chi connectivity index (χ2n) is 7.54. The highest BCUT2D eigenvalue weighted by Gasteiger charge is 2.29. The minimum Gasteiger partial charge on any atom is -0.378 e. The first-order chi connectivity index (χ1) is 14.0. The third-order valence-corrected chi connectivity index (χ3v) is 5.68. The summed E-state index contributed by atoms with van der Waals surface area (Å²) in [7, 11) is 1.56. The van der Waals surface area contributed by atoms with E-state index in [9.17, 15) is 14.4 Å². The first-order valence-electron chi connectivity index (χ1n) is 9.99. The number of benzene rings is 1. The number of nitrogens with zero attached hydrogens (tertiary/aromatic N) is 4. The van der Waals surface area contributed by atoms with Crippen LogP contribution < -0.4 is 10.5 Å². The van der Waals surface area contributed by atoms with Crippen molar-refractivity contribution in [2.75, 3.05) is 59.0 Å². The van der Waals surface area contributed by atoms with E-state index >= 15 is 0 Å². The lowest BCUT2D eigenvalue weighted by Gasteiger charge is -2.33. The fraction of sp³-hybridized carbons (Fsp3) is 0.500. The van der Waals surface area contributed by atoms with Crippen LogP contribution in [-0.2, 0) is 16.6 Å². The number of morpholine rings is 1. The number of amides is 2. The van der Waals surface area contributed by atoms with Crippen LogP contribution in [0, 0.1) is 0 Å². The molecule has 0 spiro atoms. The number of carbonyl (C=O) groups excluding carboxylic acids is 2. The molecule has 1 aromatic carbocycles. The Morgan fingerprint density at radius 1 is 1.03 bits per heavy atom. The molecule has 2 saturated heterocycles. The minimum absolute atomic E-state index is 0.147. The summed E-state index contributed by atoms with van der Waals surface area (Å²) in [5.74, 6) is -0.0239. The van der Waals surface area contributed by atoms with Gasteiger partial charge in [-0.2, -0.15) is 5.10 Å². The van der Waals surface area contributed by atoms with Gasteiger partial charge in [-0.15, -0.1) is 0 Å². The number of aryl methyl sites for hydroxylation is 1. The van der Waals surface area contributed by atoms with Crippen LogP contribution in [0.25, 0.3) is 10.8 Å². The van der Waals surface area contributed by atoms with Crippen molar-refractivity contribution >= 4 is 22.6 Å². The Hall–Kier alpha value is -2.78. The van der Waals surface area contributed by atoms with E-state index in [1.807, 2.05) is 4.90 Å². The number of hydrogen-bond acceptors (Lipinski definition) is 5. The standard InChI is InChI=1S/C20H25N5O4/c1-22-19(27)16-5-3-2-4-15(16)18(21-22)20(28)25-8-6-23(7-9-25)14-17(26)24-10-12-29-13-11-24/h2-5H,6-14H2,1H3/p+1. The molecule has 0 radical (unpaired) electrons. The van der Waals surface area contributed by atoms with Gasteiger partial charge in [0.2, 0.25) is 0 Å². The number of quaternary nitrogens is 1. The van der Waals surface area contributed by atoms with E-state index in [0.717, 1.165) is 0 Å². The van der Waals surface area contributed by atoms with Crippen LogP contribution in [0.5, 0.6) is 0 Å². The van der Waals surface area contributed by atoms with E-state index in [2.05, 4.69) is 5.10 Å². The molecular weight excluding hydrogens is 374 g/mol. The van der Waals surface area contributed by atoms with Crippen LogP contribution in [-0.4, -0.2) is 90.4 Å². The second-order valence-corrected chi connectivity index (χ2v) is 7.54. The maximum Gasteiger partial charge on any atom is 0.277 e. The summed E-state index contributed by atoms with van der Waals surface area (Å²) >= 11 is 0. The third-order valence-electron chi connectivity index (χ3n) is 5.68. The van der Waals surface area contributed by atoms with E-state index in [-0.39, 0.29) is 17.4 Å². The molecule has 9 heteroatoms. The first kappa shape index (κ1) is 19.5. The quantitative estimate of drug-likeness (QED) is 0.652. The Bertz CT molecular complexity index is 974. The van der Waals surface area contributed by atoms with Crippen LogP contribution >= 0.6 is 0 Å². The van der Waals surface area contributed by atoms with Gasteiger partial charge in [-0.3, -0.25) is 14.4 Å². The maximum atomic E-state index is 13.1. The molecule has 1 aromatic heterocycles. The summed E-state index contributed by atoms with van der Waals surface area (Å²) < 4.78 is 6.52. The maximum absolute atomic E-state index is 13.1. The van der Waals surface area contributed by atoms with Gasteiger partial charge in [0, 0.05) is 25.5 Å². The summed E-state index contributed by atoms with van der Waals surface area (Å²) in [6.07, 6.45) is 0. The Morgan fingerprint density at radius 3 is 2.38 bits per heavy atom. The summed E-state index contributed by atoms with van der Waals surface area (Å²) in [5, 5.41) is 5.31. The van der Waals surface area contributed by atoms with Gasteiger partial charge in [-0.1, -0.05) is 18.2 Å². The topological polar surface area (TPSA) is 89.2 Å². The SMILES string of the molecule is Cn1nc(C(=O)N2CC[NH+](CC(=O)N3CCOCC3)CC2)c2ccccc2c1=O. The lowest BCUT2D eigenvalue weighted by atomic mass is 10.1. The number of piperazine rings is 1. The van der Waals surface area contributed by atoms with Crippen molar-refractivity contribution in [3.8, 4) is 0 Å². The lowest BCUT2D eigenvalue weighted by molar-refractivity contribution is -0.896. The van der Waals surface area contributed by atoms with Gasteiger partial charge < -0.3 is 19.4 Å². The highest BCUT2D eigenvalue weighted by molar-refractivity contribution is 6.04. The molecule has 0 atom stereocenters. The van der Waals surface area contributed by atoms with Gasteiger partial charge in [0.25, 0.3) is 17.4 Å². The molecule has 9 nitrogen and oxygen atoms in total. The van der Waals surface area contributed by atoms with Crippen LogP contribution in [0.3, 0.4) is 0 Å². The molecule has 1 N–H and O–H groups in total. The van der Waals surface area contributed by atoms with Crippen molar-refractivity contribution in [2.24, 2.45) is 7.05 Å². The summed E-state index contributed by atoms with van der Waals surface area (Å²) in [6, 6.07) is 7.07. The Morgan fingerprint density at radius 2 is 1.69 bits per heavy atom. The molecule has 4 rings (SSSR count). The molecule has 0 unspecified atom stereocenters. The zero-order chi connectivity index (χ0) is 20.4. The highest BCUT2D eigenvalue weighted by atomic mass is 16.5. The van der Waals surface area contributed by atoms with Crippen molar-refractivity contribution in [1.29, 1.82) is 0 Å². The van der Waals surface area contributed by atoms with Gasteiger partial charge in [-0.05, 0) is 6.07 Å². The molecule has 154 valence electrons. The largest absolute Gasteiger partial charge is 0.378 e. The molecule has 0 aliphatic carbocycles. The molecule has 0 saturated carbocycles. The monoisotopic (exact) mass is 400 g/mol. The number of fused-ring (bicyclic) bond motifs is 1. The van der Waals surface area contributed by atoms with Crippen molar-refractivity contribution < 1.29 is 19.2 Å².